The Morgan fingerprint density at radius 1 is 0.846 bits per heavy atom. The van der Waals surface area contributed by atoms with E-state index in [2.05, 4.69) is 56.3 Å². The lowest BCUT2D eigenvalue weighted by atomic mass is 10.5. The minimum Gasteiger partial charge on any atom is -0.314 e. The monoisotopic (exact) mass is 445 g/mol. The zero-order valence-corrected chi connectivity index (χ0v) is 13.2. The molecule has 1 aliphatic heterocycles. The lowest BCUT2D eigenvalue weighted by Crippen LogP contribution is -2.27. The molecule has 0 aliphatic carbocycles. The number of nitrogens with one attached hydrogen (secondary N) is 1. The lowest BCUT2D eigenvalue weighted by Gasteiger charge is -2.20. The minimum absolute atomic E-state index is 1.11. The third kappa shape index (κ3) is 5.61. The van der Waals surface area contributed by atoms with Gasteiger partial charge in [0.15, 0.2) is 0 Å². The summed E-state index contributed by atoms with van der Waals surface area (Å²) in [5, 5.41) is 3.44. The number of rotatable bonds is 2. The van der Waals surface area contributed by atoms with Gasteiger partial charge in [-0.3, -0.25) is 0 Å². The summed E-state index contributed by atoms with van der Waals surface area (Å²) < 4.78 is 4.80. The van der Waals surface area contributed by atoms with Gasteiger partial charge in [0.25, 0.3) is 0 Å². The summed E-state index contributed by atoms with van der Waals surface area (Å²) >= 11 is 4.71. The van der Waals surface area contributed by atoms with Crippen molar-refractivity contribution in [1.29, 1.82) is 0 Å². The Hall–Kier alpha value is 2.04. The zero-order valence-electron chi connectivity index (χ0n) is 7.21. The Kier molecular flexibility index (Phi) is 8.29. The van der Waals surface area contributed by atoms with Crippen LogP contribution in [0.4, 0.5) is 0 Å². The number of halogens is 2. The van der Waals surface area contributed by atoms with Crippen molar-refractivity contribution in [2.24, 2.45) is 0 Å². The molecule has 1 saturated heterocycles. The van der Waals surface area contributed by atoms with Crippen LogP contribution in [0.15, 0.2) is 0 Å². The van der Waals surface area contributed by atoms with Crippen LogP contribution in [0.2, 0.25) is 0 Å². The van der Waals surface area contributed by atoms with Crippen LogP contribution < -0.4 is 5.32 Å². The summed E-state index contributed by atoms with van der Waals surface area (Å²) in [6.07, 6.45) is 0. The van der Waals surface area contributed by atoms with Gasteiger partial charge >= 0.3 is 0 Å². The largest absolute Gasteiger partial charge is 0.314 e. The minimum atomic E-state index is 1.11. The van der Waals surface area contributed by atoms with Crippen molar-refractivity contribution >= 4 is 60.6 Å². The van der Waals surface area contributed by atoms with Crippen LogP contribution in [-0.4, -0.2) is 47.9 Å². The van der Waals surface area contributed by atoms with Gasteiger partial charge in [0.2, 0.25) is 0 Å². The van der Waals surface area contributed by atoms with Crippen molar-refractivity contribution in [2.45, 2.75) is 0 Å². The first-order valence-electron chi connectivity index (χ1n) is 4.15. The van der Waals surface area contributed by atoms with Crippen LogP contribution in [-0.2, 0) is 0 Å². The van der Waals surface area contributed by atoms with Crippen LogP contribution >= 0.6 is 60.6 Å². The van der Waals surface area contributed by atoms with E-state index in [1.54, 1.807) is 0 Å². The SMILES string of the molecule is ISN1CCNCCN(SI)CC1. The lowest BCUT2D eigenvalue weighted by molar-refractivity contribution is 0.422. The summed E-state index contributed by atoms with van der Waals surface area (Å²) in [7, 11) is 3.63. The van der Waals surface area contributed by atoms with E-state index in [-0.39, 0.29) is 0 Å². The highest BCUT2D eigenvalue weighted by atomic mass is 127. The summed E-state index contributed by atoms with van der Waals surface area (Å²) in [6, 6.07) is 0. The molecule has 0 saturated carbocycles. The summed E-state index contributed by atoms with van der Waals surface area (Å²) in [5.74, 6) is 0. The van der Waals surface area contributed by atoms with Gasteiger partial charge in [-0.2, -0.15) is 0 Å². The quantitative estimate of drug-likeness (QED) is 0.518. The molecule has 7 heteroatoms. The second-order valence-electron chi connectivity index (χ2n) is 2.75. The first-order chi connectivity index (χ1) is 6.36. The Balaban J connectivity index is 2.33. The highest BCUT2D eigenvalue weighted by molar-refractivity contribution is 14.2. The third-order valence-corrected chi connectivity index (χ3v) is 6.33. The maximum atomic E-state index is 3.44. The Morgan fingerprint density at radius 3 is 1.69 bits per heavy atom. The summed E-state index contributed by atoms with van der Waals surface area (Å²) in [4.78, 5) is 0. The van der Waals surface area contributed by atoms with Crippen LogP contribution in [0, 0.1) is 0 Å². The fourth-order valence-corrected chi connectivity index (χ4v) is 4.10. The van der Waals surface area contributed by atoms with Crippen LogP contribution in [0.5, 0.6) is 0 Å². The highest BCUT2D eigenvalue weighted by Gasteiger charge is 2.10. The molecule has 13 heavy (non-hydrogen) atoms. The van der Waals surface area contributed by atoms with Crippen LogP contribution in [0.1, 0.15) is 0 Å². The number of nitrogens with zero attached hydrogens (tertiary/aromatic N) is 2. The van der Waals surface area contributed by atoms with E-state index in [9.17, 15) is 0 Å². The molecule has 0 atom stereocenters. The molecule has 1 aliphatic rings. The predicted octanol–water partition coefficient (Wildman–Crippen LogP) is 2.19. The van der Waals surface area contributed by atoms with E-state index in [0.717, 1.165) is 39.3 Å². The van der Waals surface area contributed by atoms with Gasteiger partial charge < -0.3 is 5.32 Å². The van der Waals surface area contributed by atoms with E-state index >= 15 is 0 Å². The van der Waals surface area contributed by atoms with Gasteiger partial charge in [0.1, 0.15) is 0 Å². The molecule has 0 radical (unpaired) electrons. The van der Waals surface area contributed by atoms with E-state index in [4.69, 9.17) is 0 Å². The fraction of sp³-hybridized carbons (Fsp3) is 1.00. The van der Waals surface area contributed by atoms with Crippen molar-refractivity contribution in [3.05, 3.63) is 0 Å². The van der Waals surface area contributed by atoms with Gasteiger partial charge in [-0.05, 0) is 18.2 Å². The first kappa shape index (κ1) is 13.1. The van der Waals surface area contributed by atoms with Crippen molar-refractivity contribution in [1.82, 2.24) is 13.9 Å². The van der Waals surface area contributed by atoms with Gasteiger partial charge in [-0.15, -0.1) is 0 Å². The predicted molar refractivity (Wildman–Crippen MR) is 79.2 cm³/mol. The molecular weight excluding hydrogens is 432 g/mol. The first-order valence-corrected chi connectivity index (χ1v) is 10.8. The molecule has 78 valence electrons. The molecule has 0 aromatic rings. The molecule has 0 aromatic carbocycles. The van der Waals surface area contributed by atoms with Crippen molar-refractivity contribution in [2.75, 3.05) is 39.3 Å². The Labute approximate surface area is 113 Å². The molecule has 1 rings (SSSR count). The van der Waals surface area contributed by atoms with Gasteiger partial charge in [0.05, 0.1) is 0 Å². The molecule has 0 spiro atoms. The average Bonchev–Trinajstić information content (AvgIpc) is 2.28. The maximum absolute atomic E-state index is 3.44. The molecule has 1 fully saturated rings. The van der Waals surface area contributed by atoms with E-state index in [1.165, 1.54) is 0 Å². The molecule has 0 amide bonds. The van der Waals surface area contributed by atoms with Gasteiger partial charge in [-0.1, -0.05) is 0 Å². The number of hydrogen-bond donors (Lipinski definition) is 1. The van der Waals surface area contributed by atoms with E-state index in [0.29, 0.717) is 0 Å². The molecule has 0 aromatic heterocycles. The Morgan fingerprint density at radius 2 is 1.31 bits per heavy atom. The van der Waals surface area contributed by atoms with Gasteiger partial charge in [-0.25, -0.2) is 8.61 Å². The Bertz CT molecular complexity index is 127. The molecule has 0 unspecified atom stereocenters. The molecule has 3 nitrogen and oxygen atoms in total. The highest BCUT2D eigenvalue weighted by Crippen LogP contribution is 2.21. The molecular formula is C6H13I2N3S2. The fourth-order valence-electron chi connectivity index (χ4n) is 1.12. The maximum Gasteiger partial charge on any atom is 0.0235 e. The topological polar surface area (TPSA) is 18.5 Å². The molecule has 1 N–H and O–H groups in total. The second kappa shape index (κ2) is 8.22. The van der Waals surface area contributed by atoms with Crippen molar-refractivity contribution in [3.8, 4) is 0 Å². The molecule has 1 heterocycles. The second-order valence-corrected chi connectivity index (χ2v) is 6.42. The van der Waals surface area contributed by atoms with Crippen LogP contribution in [0.25, 0.3) is 0 Å². The van der Waals surface area contributed by atoms with Crippen LogP contribution in [0.3, 0.4) is 0 Å². The average molecular weight is 445 g/mol. The van der Waals surface area contributed by atoms with Gasteiger partial charge in [0, 0.05) is 81.7 Å². The standard InChI is InChI=1S/C6H13I2N3S2/c7-12-10-3-1-9-2-4-11(13-8)6-5-10/h9H,1-6H2. The zero-order chi connectivity index (χ0) is 9.52. The normalized spacial score (nSPS) is 23.5. The summed E-state index contributed by atoms with van der Waals surface area (Å²) in [6.45, 7) is 6.82. The molecule has 0 bridgehead atoms. The van der Waals surface area contributed by atoms with E-state index in [1.807, 2.05) is 18.2 Å². The number of hydrogen-bond acceptors (Lipinski definition) is 5. The summed E-state index contributed by atoms with van der Waals surface area (Å²) in [5.41, 5.74) is 0. The van der Waals surface area contributed by atoms with E-state index < -0.39 is 0 Å². The smallest absolute Gasteiger partial charge is 0.0235 e. The van der Waals surface area contributed by atoms with Crippen molar-refractivity contribution < 1.29 is 0 Å². The third-order valence-electron chi connectivity index (χ3n) is 1.87. The van der Waals surface area contributed by atoms with Crippen molar-refractivity contribution in [3.63, 3.8) is 0 Å².